The van der Waals surface area contributed by atoms with Crippen LogP contribution in [0.5, 0.6) is 0 Å². The quantitative estimate of drug-likeness (QED) is 0.829. The molecular weight excluding hydrogens is 214 g/mol. The molecule has 1 rings (SSSR count). The van der Waals surface area contributed by atoms with Crippen LogP contribution in [-0.4, -0.2) is 17.6 Å². The maximum Gasteiger partial charge on any atom is 0.221 e. The normalized spacial score (nSPS) is 10.1. The largest absolute Gasteiger partial charge is 0.396 e. The number of aryl methyl sites for hydroxylation is 1. The number of hydrogen-bond donors (Lipinski definition) is 2. The predicted molar refractivity (Wildman–Crippen MR) is 61.2 cm³/mol. The zero-order valence-corrected chi connectivity index (χ0v) is 9.34. The molecule has 2 N–H and O–H groups in total. The summed E-state index contributed by atoms with van der Waals surface area (Å²) in [5, 5.41) is 12.1. The van der Waals surface area contributed by atoms with Gasteiger partial charge in [0.05, 0.1) is 0 Å². The first-order chi connectivity index (χ1) is 7.13. The van der Waals surface area contributed by atoms with Gasteiger partial charge in [0, 0.05) is 24.2 Å². The number of anilines is 1. The Morgan fingerprint density at radius 2 is 2.27 bits per heavy atom. The Labute approximate surface area is 94.1 Å². The number of carbonyl (C=O) groups excluding carboxylic acids is 1. The van der Waals surface area contributed by atoms with Crippen LogP contribution in [0.2, 0.25) is 5.02 Å². The summed E-state index contributed by atoms with van der Waals surface area (Å²) in [4.78, 5) is 10.9. The molecule has 0 radical (unpaired) electrons. The van der Waals surface area contributed by atoms with Gasteiger partial charge in [0.25, 0.3) is 0 Å². The van der Waals surface area contributed by atoms with Crippen LogP contribution in [0.4, 0.5) is 5.69 Å². The van der Waals surface area contributed by atoms with E-state index in [1.807, 2.05) is 6.07 Å². The number of aliphatic hydroxyl groups excluding tert-OH is 1. The van der Waals surface area contributed by atoms with Crippen molar-refractivity contribution in [3.63, 3.8) is 0 Å². The Bertz CT molecular complexity index is 352. The Balaban J connectivity index is 2.87. The maximum atomic E-state index is 10.9. The minimum Gasteiger partial charge on any atom is -0.396 e. The zero-order valence-electron chi connectivity index (χ0n) is 8.59. The lowest BCUT2D eigenvalue weighted by molar-refractivity contribution is -0.114. The lowest BCUT2D eigenvalue weighted by Gasteiger charge is -2.09. The van der Waals surface area contributed by atoms with Gasteiger partial charge in [-0.1, -0.05) is 11.6 Å². The molecule has 0 aliphatic heterocycles. The topological polar surface area (TPSA) is 49.3 Å². The van der Waals surface area contributed by atoms with Crippen LogP contribution < -0.4 is 5.32 Å². The number of hydrogen-bond acceptors (Lipinski definition) is 2. The van der Waals surface area contributed by atoms with E-state index in [9.17, 15) is 4.79 Å². The third-order valence-electron chi connectivity index (χ3n) is 1.98. The fourth-order valence-electron chi connectivity index (χ4n) is 1.35. The monoisotopic (exact) mass is 227 g/mol. The highest BCUT2D eigenvalue weighted by Crippen LogP contribution is 2.21. The molecule has 0 fully saturated rings. The summed E-state index contributed by atoms with van der Waals surface area (Å²) in [5.74, 6) is -0.109. The summed E-state index contributed by atoms with van der Waals surface area (Å²) < 4.78 is 0. The lowest BCUT2D eigenvalue weighted by Crippen LogP contribution is -2.08. The number of carbonyl (C=O) groups is 1. The van der Waals surface area contributed by atoms with E-state index < -0.39 is 0 Å². The molecule has 0 unspecified atom stereocenters. The van der Waals surface area contributed by atoms with Gasteiger partial charge in [-0.15, -0.1) is 0 Å². The third-order valence-corrected chi connectivity index (χ3v) is 2.22. The summed E-state index contributed by atoms with van der Waals surface area (Å²) in [5.41, 5.74) is 1.71. The van der Waals surface area contributed by atoms with E-state index in [1.54, 1.807) is 12.1 Å². The zero-order chi connectivity index (χ0) is 11.3. The SMILES string of the molecule is CC(=O)Nc1ccc(Cl)cc1CCCO. The highest BCUT2D eigenvalue weighted by atomic mass is 35.5. The molecule has 0 aliphatic carbocycles. The van der Waals surface area contributed by atoms with Crippen LogP contribution in [0.3, 0.4) is 0 Å². The van der Waals surface area contributed by atoms with Crippen molar-refractivity contribution in [2.45, 2.75) is 19.8 Å². The van der Waals surface area contributed by atoms with Crippen LogP contribution >= 0.6 is 11.6 Å². The summed E-state index contributed by atoms with van der Waals surface area (Å²) in [6.07, 6.45) is 1.36. The summed E-state index contributed by atoms with van der Waals surface area (Å²) in [6, 6.07) is 5.31. The van der Waals surface area contributed by atoms with Crippen LogP contribution in [-0.2, 0) is 11.2 Å². The standard InChI is InChI=1S/C11H14ClNO2/c1-8(15)13-11-5-4-10(12)7-9(11)3-2-6-14/h4-5,7,14H,2-3,6H2,1H3,(H,13,15). The number of nitrogens with one attached hydrogen (secondary N) is 1. The van der Waals surface area contributed by atoms with Gasteiger partial charge in [0.15, 0.2) is 0 Å². The van der Waals surface area contributed by atoms with Crippen LogP contribution in [0, 0.1) is 0 Å². The molecule has 15 heavy (non-hydrogen) atoms. The minimum atomic E-state index is -0.109. The number of benzene rings is 1. The van der Waals surface area contributed by atoms with Gasteiger partial charge in [0.1, 0.15) is 0 Å². The van der Waals surface area contributed by atoms with Crippen molar-refractivity contribution in [2.24, 2.45) is 0 Å². The molecule has 0 atom stereocenters. The fraction of sp³-hybridized carbons (Fsp3) is 0.364. The predicted octanol–water partition coefficient (Wildman–Crippen LogP) is 2.22. The van der Waals surface area contributed by atoms with Crippen LogP contribution in [0.1, 0.15) is 18.9 Å². The molecule has 82 valence electrons. The Kier molecular flexibility index (Phi) is 4.59. The molecule has 0 bridgehead atoms. The molecule has 0 heterocycles. The second kappa shape index (κ2) is 5.73. The van der Waals surface area contributed by atoms with Gasteiger partial charge in [-0.3, -0.25) is 4.79 Å². The van der Waals surface area contributed by atoms with Crippen molar-refractivity contribution in [1.29, 1.82) is 0 Å². The van der Waals surface area contributed by atoms with Gasteiger partial charge in [0.2, 0.25) is 5.91 Å². The molecular formula is C11H14ClNO2. The average Bonchev–Trinajstić information content (AvgIpc) is 2.18. The maximum absolute atomic E-state index is 10.9. The molecule has 0 saturated carbocycles. The van der Waals surface area contributed by atoms with Crippen molar-refractivity contribution in [2.75, 3.05) is 11.9 Å². The van der Waals surface area contributed by atoms with Crippen molar-refractivity contribution in [1.82, 2.24) is 0 Å². The van der Waals surface area contributed by atoms with Crippen molar-refractivity contribution in [3.05, 3.63) is 28.8 Å². The molecule has 1 amide bonds. The molecule has 3 nitrogen and oxygen atoms in total. The Hall–Kier alpha value is -1.06. The molecule has 1 aromatic rings. The lowest BCUT2D eigenvalue weighted by atomic mass is 10.1. The molecule has 0 spiro atoms. The number of halogens is 1. The summed E-state index contributed by atoms with van der Waals surface area (Å²) >= 11 is 5.86. The van der Waals surface area contributed by atoms with Crippen molar-refractivity contribution < 1.29 is 9.90 Å². The van der Waals surface area contributed by atoms with Gasteiger partial charge >= 0.3 is 0 Å². The fourth-order valence-corrected chi connectivity index (χ4v) is 1.54. The molecule has 0 aromatic heterocycles. The van der Waals surface area contributed by atoms with Crippen LogP contribution in [0.25, 0.3) is 0 Å². The number of aliphatic hydroxyl groups is 1. The van der Waals surface area contributed by atoms with E-state index in [0.29, 0.717) is 17.9 Å². The average molecular weight is 228 g/mol. The van der Waals surface area contributed by atoms with E-state index in [1.165, 1.54) is 6.92 Å². The van der Waals surface area contributed by atoms with Gasteiger partial charge in [-0.25, -0.2) is 0 Å². The molecule has 0 aliphatic rings. The number of rotatable bonds is 4. The third kappa shape index (κ3) is 3.90. The first-order valence-corrected chi connectivity index (χ1v) is 5.18. The minimum absolute atomic E-state index is 0.109. The van der Waals surface area contributed by atoms with Crippen LogP contribution in [0.15, 0.2) is 18.2 Å². The molecule has 1 aromatic carbocycles. The summed E-state index contributed by atoms with van der Waals surface area (Å²) in [7, 11) is 0. The first kappa shape index (κ1) is 12.0. The Morgan fingerprint density at radius 3 is 2.87 bits per heavy atom. The van der Waals surface area contributed by atoms with Gasteiger partial charge in [-0.05, 0) is 36.6 Å². The second-order valence-electron chi connectivity index (χ2n) is 3.31. The van der Waals surface area contributed by atoms with E-state index >= 15 is 0 Å². The first-order valence-electron chi connectivity index (χ1n) is 4.80. The molecule has 0 saturated heterocycles. The highest BCUT2D eigenvalue weighted by molar-refractivity contribution is 6.30. The second-order valence-corrected chi connectivity index (χ2v) is 3.75. The van der Waals surface area contributed by atoms with E-state index in [4.69, 9.17) is 16.7 Å². The highest BCUT2D eigenvalue weighted by Gasteiger charge is 2.04. The molecule has 4 heteroatoms. The summed E-state index contributed by atoms with van der Waals surface area (Å²) in [6.45, 7) is 1.59. The van der Waals surface area contributed by atoms with Gasteiger partial charge < -0.3 is 10.4 Å². The van der Waals surface area contributed by atoms with Crippen molar-refractivity contribution >= 4 is 23.2 Å². The van der Waals surface area contributed by atoms with E-state index in [0.717, 1.165) is 11.3 Å². The van der Waals surface area contributed by atoms with Gasteiger partial charge in [-0.2, -0.15) is 0 Å². The Morgan fingerprint density at radius 1 is 1.53 bits per heavy atom. The van der Waals surface area contributed by atoms with E-state index in [2.05, 4.69) is 5.32 Å². The number of amides is 1. The smallest absolute Gasteiger partial charge is 0.221 e. The van der Waals surface area contributed by atoms with E-state index in [-0.39, 0.29) is 12.5 Å². The van der Waals surface area contributed by atoms with Crippen molar-refractivity contribution in [3.8, 4) is 0 Å².